The van der Waals surface area contributed by atoms with Gasteiger partial charge < -0.3 is 15.2 Å². The van der Waals surface area contributed by atoms with Crippen molar-refractivity contribution in [3.05, 3.63) is 28.8 Å². The lowest BCUT2D eigenvalue weighted by atomic mass is 10.1. The number of rotatable bonds is 6. The van der Waals surface area contributed by atoms with Gasteiger partial charge in [0.15, 0.2) is 0 Å². The number of ether oxygens (including phenoxy) is 2. The van der Waals surface area contributed by atoms with Gasteiger partial charge in [-0.25, -0.2) is 0 Å². The molecule has 1 aromatic rings. The Kier molecular flexibility index (Phi) is 5.47. The SMILES string of the molecule is COc1ccc(CCOCCN)cc1Cl. The highest BCUT2D eigenvalue weighted by Gasteiger charge is 2.01. The Morgan fingerprint density at radius 1 is 1.33 bits per heavy atom. The highest BCUT2D eigenvalue weighted by Crippen LogP contribution is 2.24. The summed E-state index contributed by atoms with van der Waals surface area (Å²) in [5.74, 6) is 0.697. The minimum absolute atomic E-state index is 0.559. The molecule has 0 unspecified atom stereocenters. The number of hydrogen-bond acceptors (Lipinski definition) is 3. The van der Waals surface area contributed by atoms with E-state index in [2.05, 4.69) is 0 Å². The molecule has 84 valence electrons. The summed E-state index contributed by atoms with van der Waals surface area (Å²) in [7, 11) is 1.60. The highest BCUT2D eigenvalue weighted by atomic mass is 35.5. The summed E-state index contributed by atoms with van der Waals surface area (Å²) in [4.78, 5) is 0. The third-order valence-electron chi connectivity index (χ3n) is 2.01. The normalized spacial score (nSPS) is 10.3. The molecule has 0 bridgehead atoms. The average Bonchev–Trinajstić information content (AvgIpc) is 2.25. The van der Waals surface area contributed by atoms with Crippen LogP contribution in [0.1, 0.15) is 5.56 Å². The second kappa shape index (κ2) is 6.67. The first-order valence-corrected chi connectivity index (χ1v) is 5.26. The summed E-state index contributed by atoms with van der Waals surface area (Å²) in [6.07, 6.45) is 0.837. The summed E-state index contributed by atoms with van der Waals surface area (Å²) in [5.41, 5.74) is 6.44. The van der Waals surface area contributed by atoms with Crippen LogP contribution in [0.2, 0.25) is 5.02 Å². The summed E-state index contributed by atoms with van der Waals surface area (Å²) in [6.45, 7) is 1.83. The van der Waals surface area contributed by atoms with Crippen molar-refractivity contribution in [2.75, 3.05) is 26.9 Å². The van der Waals surface area contributed by atoms with Crippen LogP contribution in [0.15, 0.2) is 18.2 Å². The third-order valence-corrected chi connectivity index (χ3v) is 2.31. The monoisotopic (exact) mass is 229 g/mol. The maximum absolute atomic E-state index is 5.98. The minimum atomic E-state index is 0.559. The van der Waals surface area contributed by atoms with Crippen molar-refractivity contribution in [2.24, 2.45) is 5.73 Å². The molecule has 0 atom stereocenters. The Balaban J connectivity index is 2.45. The van der Waals surface area contributed by atoms with E-state index in [-0.39, 0.29) is 0 Å². The number of nitrogens with two attached hydrogens (primary N) is 1. The second-order valence-electron chi connectivity index (χ2n) is 3.12. The van der Waals surface area contributed by atoms with Gasteiger partial charge in [-0.2, -0.15) is 0 Å². The Morgan fingerprint density at radius 3 is 2.73 bits per heavy atom. The predicted octanol–water partition coefficient (Wildman–Crippen LogP) is 1.87. The van der Waals surface area contributed by atoms with Gasteiger partial charge in [0.2, 0.25) is 0 Å². The van der Waals surface area contributed by atoms with E-state index in [1.807, 2.05) is 18.2 Å². The van der Waals surface area contributed by atoms with Crippen molar-refractivity contribution < 1.29 is 9.47 Å². The van der Waals surface area contributed by atoms with Crippen LogP contribution in [-0.4, -0.2) is 26.9 Å². The van der Waals surface area contributed by atoms with E-state index in [1.165, 1.54) is 0 Å². The predicted molar refractivity (Wildman–Crippen MR) is 61.6 cm³/mol. The van der Waals surface area contributed by atoms with Crippen LogP contribution in [0.25, 0.3) is 0 Å². The van der Waals surface area contributed by atoms with Gasteiger partial charge in [-0.15, -0.1) is 0 Å². The van der Waals surface area contributed by atoms with Crippen LogP contribution < -0.4 is 10.5 Å². The number of halogens is 1. The molecule has 0 fully saturated rings. The quantitative estimate of drug-likeness (QED) is 0.758. The summed E-state index contributed by atoms with van der Waals surface area (Å²) < 4.78 is 10.3. The molecule has 2 N–H and O–H groups in total. The van der Waals surface area contributed by atoms with Gasteiger partial charge in [0.25, 0.3) is 0 Å². The van der Waals surface area contributed by atoms with Gasteiger partial charge in [-0.3, -0.25) is 0 Å². The number of hydrogen-bond donors (Lipinski definition) is 1. The molecule has 1 aromatic carbocycles. The average molecular weight is 230 g/mol. The molecule has 0 aliphatic heterocycles. The van der Waals surface area contributed by atoms with Gasteiger partial charge in [-0.1, -0.05) is 17.7 Å². The third kappa shape index (κ3) is 4.08. The first-order chi connectivity index (χ1) is 7.27. The van der Waals surface area contributed by atoms with Crippen molar-refractivity contribution >= 4 is 11.6 Å². The van der Waals surface area contributed by atoms with E-state index in [4.69, 9.17) is 26.8 Å². The largest absolute Gasteiger partial charge is 0.495 e. The Hall–Kier alpha value is -0.770. The first-order valence-electron chi connectivity index (χ1n) is 4.88. The van der Waals surface area contributed by atoms with Crippen LogP contribution >= 0.6 is 11.6 Å². The van der Waals surface area contributed by atoms with E-state index >= 15 is 0 Å². The molecule has 0 heterocycles. The fraction of sp³-hybridized carbons (Fsp3) is 0.455. The van der Waals surface area contributed by atoms with Crippen molar-refractivity contribution in [3.63, 3.8) is 0 Å². The van der Waals surface area contributed by atoms with Crippen molar-refractivity contribution in [2.45, 2.75) is 6.42 Å². The maximum atomic E-state index is 5.98. The highest BCUT2D eigenvalue weighted by molar-refractivity contribution is 6.32. The van der Waals surface area contributed by atoms with E-state index in [1.54, 1.807) is 7.11 Å². The lowest BCUT2D eigenvalue weighted by molar-refractivity contribution is 0.145. The molecule has 1 rings (SSSR count). The molecule has 15 heavy (non-hydrogen) atoms. The standard InChI is InChI=1S/C11H16ClNO2/c1-14-11-3-2-9(8-10(11)12)4-6-15-7-5-13/h2-3,8H,4-7,13H2,1H3. The van der Waals surface area contributed by atoms with Crippen LogP contribution in [-0.2, 0) is 11.2 Å². The Morgan fingerprint density at radius 2 is 2.13 bits per heavy atom. The van der Waals surface area contributed by atoms with Gasteiger partial charge >= 0.3 is 0 Å². The lowest BCUT2D eigenvalue weighted by Gasteiger charge is -2.06. The molecule has 4 heteroatoms. The van der Waals surface area contributed by atoms with Crippen molar-refractivity contribution in [1.29, 1.82) is 0 Å². The fourth-order valence-corrected chi connectivity index (χ4v) is 1.52. The van der Waals surface area contributed by atoms with Crippen molar-refractivity contribution in [1.82, 2.24) is 0 Å². The van der Waals surface area contributed by atoms with E-state index in [0.717, 1.165) is 12.0 Å². The molecule has 3 nitrogen and oxygen atoms in total. The molecular weight excluding hydrogens is 214 g/mol. The number of benzene rings is 1. The van der Waals surface area contributed by atoms with Crippen LogP contribution in [0.4, 0.5) is 0 Å². The smallest absolute Gasteiger partial charge is 0.137 e. The number of methoxy groups -OCH3 is 1. The van der Waals surface area contributed by atoms with E-state index in [0.29, 0.717) is 30.5 Å². The van der Waals surface area contributed by atoms with Gasteiger partial charge in [0.05, 0.1) is 25.3 Å². The topological polar surface area (TPSA) is 44.5 Å². The van der Waals surface area contributed by atoms with Gasteiger partial charge in [0.1, 0.15) is 5.75 Å². The Labute approximate surface area is 95.1 Å². The molecule has 0 amide bonds. The summed E-state index contributed by atoms with van der Waals surface area (Å²) >= 11 is 5.98. The zero-order valence-corrected chi connectivity index (χ0v) is 9.59. The van der Waals surface area contributed by atoms with Crippen LogP contribution in [0, 0.1) is 0 Å². The van der Waals surface area contributed by atoms with Gasteiger partial charge in [0, 0.05) is 6.54 Å². The van der Waals surface area contributed by atoms with Crippen LogP contribution in [0.5, 0.6) is 5.75 Å². The Bertz CT molecular complexity index is 305. The fourth-order valence-electron chi connectivity index (χ4n) is 1.24. The molecule has 0 saturated carbocycles. The zero-order valence-electron chi connectivity index (χ0n) is 8.83. The lowest BCUT2D eigenvalue weighted by Crippen LogP contribution is -2.10. The molecule has 0 aromatic heterocycles. The first kappa shape index (κ1) is 12.3. The van der Waals surface area contributed by atoms with Crippen molar-refractivity contribution in [3.8, 4) is 5.75 Å². The maximum Gasteiger partial charge on any atom is 0.137 e. The van der Waals surface area contributed by atoms with E-state index < -0.39 is 0 Å². The molecule has 0 spiro atoms. The molecule has 0 radical (unpaired) electrons. The van der Waals surface area contributed by atoms with Crippen LogP contribution in [0.3, 0.4) is 0 Å². The van der Waals surface area contributed by atoms with Gasteiger partial charge in [-0.05, 0) is 24.1 Å². The zero-order chi connectivity index (χ0) is 11.1. The van der Waals surface area contributed by atoms with E-state index in [9.17, 15) is 0 Å². The molecule has 0 aliphatic carbocycles. The summed E-state index contributed by atoms with van der Waals surface area (Å²) in [5, 5.41) is 0.633. The molecule has 0 saturated heterocycles. The minimum Gasteiger partial charge on any atom is -0.495 e. The molecule has 0 aliphatic rings. The molecular formula is C11H16ClNO2. The second-order valence-corrected chi connectivity index (χ2v) is 3.53. The summed E-state index contributed by atoms with van der Waals surface area (Å²) in [6, 6.07) is 5.74.